The highest BCUT2D eigenvalue weighted by atomic mass is 16.6. The van der Waals surface area contributed by atoms with Gasteiger partial charge in [-0.25, -0.2) is 4.63 Å². The Balaban J connectivity index is 1.56. The average molecular weight is 472 g/mol. The first-order valence-corrected chi connectivity index (χ1v) is 12.0. The molecule has 2 amide bonds. The van der Waals surface area contributed by atoms with Gasteiger partial charge >= 0.3 is 0 Å². The Kier molecular flexibility index (Phi) is 7.33. The van der Waals surface area contributed by atoms with Crippen LogP contribution in [0.2, 0.25) is 0 Å². The number of rotatable bonds is 6. The molecule has 1 aliphatic carbocycles. The van der Waals surface area contributed by atoms with Crippen molar-refractivity contribution in [1.29, 1.82) is 0 Å². The van der Waals surface area contributed by atoms with Crippen molar-refractivity contribution in [2.75, 3.05) is 27.2 Å². The highest BCUT2D eigenvalue weighted by molar-refractivity contribution is 5.98. The molecule has 1 aliphatic heterocycles. The lowest BCUT2D eigenvalue weighted by molar-refractivity contribution is -0.132. The van der Waals surface area contributed by atoms with Crippen molar-refractivity contribution in [3.05, 3.63) is 39.1 Å². The Hall–Kier alpha value is -3.17. The molecule has 2 aliphatic rings. The maximum absolute atomic E-state index is 13.5. The Morgan fingerprint density at radius 3 is 2.62 bits per heavy atom. The van der Waals surface area contributed by atoms with Gasteiger partial charge in [-0.15, -0.1) is 0 Å². The standard InChI is InChI=1S/C24H33N5O5/c1-16-18(26-34-25-16)15-27(2)24(32)23-19-9-10-28(21(30)13-17-7-5-4-6-8-17)11-12-29(19)22(31)14-20(23)33-3/h14,17H,4-13,15H2,1-3H3. The van der Waals surface area contributed by atoms with E-state index in [1.165, 1.54) is 37.3 Å². The number of pyridine rings is 1. The highest BCUT2D eigenvalue weighted by Gasteiger charge is 2.29. The minimum absolute atomic E-state index is 0.138. The number of fused-ring (bicyclic) bond motifs is 1. The van der Waals surface area contributed by atoms with E-state index >= 15 is 0 Å². The Morgan fingerprint density at radius 2 is 1.94 bits per heavy atom. The molecule has 1 fully saturated rings. The fraction of sp³-hybridized carbons (Fsp3) is 0.625. The van der Waals surface area contributed by atoms with Crippen molar-refractivity contribution < 1.29 is 19.0 Å². The van der Waals surface area contributed by atoms with Crippen LogP contribution in [0.25, 0.3) is 0 Å². The number of ether oxygens (including phenoxy) is 1. The third-order valence-corrected chi connectivity index (χ3v) is 7.05. The lowest BCUT2D eigenvalue weighted by Crippen LogP contribution is -2.35. The predicted octanol–water partition coefficient (Wildman–Crippen LogP) is 2.18. The molecule has 0 N–H and O–H groups in total. The van der Waals surface area contributed by atoms with Crippen LogP contribution in [-0.4, -0.2) is 63.7 Å². The molecular formula is C24H33N5O5. The first-order chi connectivity index (χ1) is 16.4. The second-order valence-corrected chi connectivity index (χ2v) is 9.32. The van der Waals surface area contributed by atoms with Crippen molar-refractivity contribution in [1.82, 2.24) is 24.7 Å². The van der Waals surface area contributed by atoms with Gasteiger partial charge in [0.25, 0.3) is 11.5 Å². The lowest BCUT2D eigenvalue weighted by atomic mass is 9.86. The van der Waals surface area contributed by atoms with Gasteiger partial charge < -0.3 is 19.1 Å². The topological polar surface area (TPSA) is 111 Å². The molecule has 3 heterocycles. The van der Waals surface area contributed by atoms with E-state index in [9.17, 15) is 14.4 Å². The molecule has 4 rings (SSSR count). The summed E-state index contributed by atoms with van der Waals surface area (Å²) in [6.45, 7) is 3.25. The van der Waals surface area contributed by atoms with Gasteiger partial charge in [0.1, 0.15) is 22.7 Å². The van der Waals surface area contributed by atoms with Crippen LogP contribution in [0.15, 0.2) is 15.5 Å². The summed E-state index contributed by atoms with van der Waals surface area (Å²) in [7, 11) is 3.11. The lowest BCUT2D eigenvalue weighted by Gasteiger charge is -2.25. The molecule has 10 nitrogen and oxygen atoms in total. The minimum atomic E-state index is -0.287. The van der Waals surface area contributed by atoms with E-state index in [1.807, 2.05) is 4.90 Å². The molecule has 1 saturated carbocycles. The van der Waals surface area contributed by atoms with Crippen LogP contribution >= 0.6 is 0 Å². The van der Waals surface area contributed by atoms with Crippen LogP contribution in [-0.2, 0) is 24.3 Å². The molecular weight excluding hydrogens is 438 g/mol. The van der Waals surface area contributed by atoms with Crippen LogP contribution in [0.3, 0.4) is 0 Å². The van der Waals surface area contributed by atoms with Crippen LogP contribution in [0.1, 0.15) is 66.0 Å². The summed E-state index contributed by atoms with van der Waals surface area (Å²) < 4.78 is 11.8. The maximum atomic E-state index is 13.5. The van der Waals surface area contributed by atoms with E-state index in [0.29, 0.717) is 61.0 Å². The summed E-state index contributed by atoms with van der Waals surface area (Å²) in [4.78, 5) is 42.7. The molecule has 0 radical (unpaired) electrons. The fourth-order valence-corrected chi connectivity index (χ4v) is 5.04. The van der Waals surface area contributed by atoms with Crippen molar-refractivity contribution >= 4 is 11.8 Å². The van der Waals surface area contributed by atoms with Crippen LogP contribution in [0.5, 0.6) is 5.75 Å². The van der Waals surface area contributed by atoms with Gasteiger partial charge in [0.2, 0.25) is 5.91 Å². The van der Waals surface area contributed by atoms with Gasteiger partial charge in [0, 0.05) is 51.3 Å². The van der Waals surface area contributed by atoms with E-state index in [1.54, 1.807) is 18.5 Å². The number of aromatic nitrogens is 3. The zero-order chi connectivity index (χ0) is 24.2. The molecule has 0 bridgehead atoms. The molecule has 0 aromatic carbocycles. The normalized spacial score (nSPS) is 16.6. The second-order valence-electron chi connectivity index (χ2n) is 9.32. The highest BCUT2D eigenvalue weighted by Crippen LogP contribution is 2.28. The molecule has 2 aromatic heterocycles. The Bertz CT molecular complexity index is 1100. The molecule has 2 aromatic rings. The molecule has 0 unspecified atom stereocenters. The van der Waals surface area contributed by atoms with Gasteiger partial charge in [-0.2, -0.15) is 0 Å². The van der Waals surface area contributed by atoms with Gasteiger partial charge in [0.05, 0.1) is 13.7 Å². The Morgan fingerprint density at radius 1 is 1.18 bits per heavy atom. The van der Waals surface area contributed by atoms with Gasteiger partial charge in [0.15, 0.2) is 0 Å². The summed E-state index contributed by atoms with van der Waals surface area (Å²) in [6.07, 6.45) is 6.84. The van der Waals surface area contributed by atoms with Gasteiger partial charge in [-0.3, -0.25) is 14.4 Å². The number of aryl methyl sites for hydroxylation is 1. The zero-order valence-corrected chi connectivity index (χ0v) is 20.2. The van der Waals surface area contributed by atoms with Crippen molar-refractivity contribution in [2.24, 2.45) is 5.92 Å². The van der Waals surface area contributed by atoms with Crippen molar-refractivity contribution in [3.63, 3.8) is 0 Å². The number of hydrogen-bond donors (Lipinski definition) is 0. The summed E-state index contributed by atoms with van der Waals surface area (Å²) in [5.41, 5.74) is 1.89. The number of amides is 2. The van der Waals surface area contributed by atoms with Crippen LogP contribution in [0, 0.1) is 12.8 Å². The van der Waals surface area contributed by atoms with Gasteiger partial charge in [-0.05, 0) is 25.7 Å². The summed E-state index contributed by atoms with van der Waals surface area (Å²) in [5.74, 6) is 0.545. The van der Waals surface area contributed by atoms with E-state index < -0.39 is 0 Å². The third kappa shape index (κ3) is 5.00. The third-order valence-electron chi connectivity index (χ3n) is 7.05. The number of methoxy groups -OCH3 is 1. The summed E-state index contributed by atoms with van der Waals surface area (Å²) in [5, 5.41) is 7.62. The molecule has 184 valence electrons. The molecule has 0 atom stereocenters. The largest absolute Gasteiger partial charge is 0.496 e. The van der Waals surface area contributed by atoms with E-state index in [-0.39, 0.29) is 29.7 Å². The van der Waals surface area contributed by atoms with E-state index in [4.69, 9.17) is 9.37 Å². The monoisotopic (exact) mass is 471 g/mol. The first kappa shape index (κ1) is 24.0. The minimum Gasteiger partial charge on any atom is -0.496 e. The van der Waals surface area contributed by atoms with Crippen molar-refractivity contribution in [2.45, 2.75) is 65.0 Å². The number of carbonyl (C=O) groups is 2. The Labute approximate surface area is 198 Å². The number of hydrogen-bond acceptors (Lipinski definition) is 7. The van der Waals surface area contributed by atoms with E-state index in [2.05, 4.69) is 10.3 Å². The van der Waals surface area contributed by atoms with E-state index in [0.717, 1.165) is 12.8 Å². The van der Waals surface area contributed by atoms with Crippen LogP contribution in [0.4, 0.5) is 0 Å². The molecule has 10 heteroatoms. The summed E-state index contributed by atoms with van der Waals surface area (Å²) in [6, 6.07) is 1.35. The smallest absolute Gasteiger partial charge is 0.259 e. The maximum Gasteiger partial charge on any atom is 0.259 e. The predicted molar refractivity (Wildman–Crippen MR) is 124 cm³/mol. The molecule has 0 spiro atoms. The zero-order valence-electron chi connectivity index (χ0n) is 20.2. The van der Waals surface area contributed by atoms with Crippen molar-refractivity contribution in [3.8, 4) is 5.75 Å². The first-order valence-electron chi connectivity index (χ1n) is 12.0. The second kappa shape index (κ2) is 10.4. The molecule has 34 heavy (non-hydrogen) atoms. The SMILES string of the molecule is COc1cc(=O)n2c(c1C(=O)N(C)Cc1nonc1C)CCN(C(=O)CC1CCCCC1)CC2. The number of carbonyl (C=O) groups excluding carboxylic acids is 2. The van der Waals surface area contributed by atoms with Gasteiger partial charge in [-0.1, -0.05) is 29.6 Å². The fourth-order valence-electron chi connectivity index (χ4n) is 5.04. The molecule has 0 saturated heterocycles. The van der Waals surface area contributed by atoms with Crippen LogP contribution < -0.4 is 10.3 Å². The summed E-state index contributed by atoms with van der Waals surface area (Å²) >= 11 is 0. The average Bonchev–Trinajstić information content (AvgIpc) is 3.10. The quantitative estimate of drug-likeness (QED) is 0.635. The number of nitrogens with zero attached hydrogens (tertiary/aromatic N) is 5.